The van der Waals surface area contributed by atoms with E-state index in [2.05, 4.69) is 10.3 Å². The minimum Gasteiger partial charge on any atom is -0.339 e. The summed E-state index contributed by atoms with van der Waals surface area (Å²) in [5.74, 6) is -0.113. The topological polar surface area (TPSA) is 62.3 Å². The molecule has 0 atom stereocenters. The summed E-state index contributed by atoms with van der Waals surface area (Å²) in [5.41, 5.74) is 1.68. The second-order valence-electron chi connectivity index (χ2n) is 6.70. The number of aryl methyl sites for hydroxylation is 1. The number of hydrogen-bond acceptors (Lipinski definition) is 3. The number of carbonyl (C=O) groups is 2. The van der Waals surface area contributed by atoms with Crippen molar-refractivity contribution in [1.82, 2.24) is 9.88 Å². The highest BCUT2D eigenvalue weighted by atomic mass is 19.1. The highest BCUT2D eigenvalue weighted by Crippen LogP contribution is 2.19. The molecule has 0 bridgehead atoms. The van der Waals surface area contributed by atoms with Crippen LogP contribution >= 0.6 is 0 Å². The third kappa shape index (κ3) is 5.23. The van der Waals surface area contributed by atoms with Crippen molar-refractivity contribution < 1.29 is 14.0 Å². The third-order valence-electron chi connectivity index (χ3n) is 4.61. The molecule has 1 fully saturated rings. The number of piperidine rings is 1. The Morgan fingerprint density at radius 3 is 2.67 bits per heavy atom. The number of amides is 2. The highest BCUT2D eigenvalue weighted by molar-refractivity contribution is 5.93. The van der Waals surface area contributed by atoms with Gasteiger partial charge in [-0.3, -0.25) is 9.59 Å². The first-order valence-corrected chi connectivity index (χ1v) is 8.97. The van der Waals surface area contributed by atoms with Crippen LogP contribution in [0.3, 0.4) is 0 Å². The first-order chi connectivity index (χ1) is 13.0. The summed E-state index contributed by atoms with van der Waals surface area (Å²) < 4.78 is 13.2. The zero-order valence-corrected chi connectivity index (χ0v) is 15.2. The number of pyridine rings is 1. The van der Waals surface area contributed by atoms with Crippen LogP contribution in [0, 0.1) is 18.7 Å². The Balaban J connectivity index is 1.49. The molecule has 0 spiro atoms. The van der Waals surface area contributed by atoms with Crippen LogP contribution in [0.1, 0.15) is 24.0 Å². The summed E-state index contributed by atoms with van der Waals surface area (Å²) >= 11 is 0. The minimum absolute atomic E-state index is 0.0613. The van der Waals surface area contributed by atoms with Gasteiger partial charge in [-0.15, -0.1) is 0 Å². The van der Waals surface area contributed by atoms with Crippen LogP contribution in [-0.4, -0.2) is 34.8 Å². The fourth-order valence-electron chi connectivity index (χ4n) is 3.02. The van der Waals surface area contributed by atoms with Crippen LogP contribution in [0.15, 0.2) is 48.7 Å². The number of nitrogens with zero attached hydrogens (tertiary/aromatic N) is 2. The van der Waals surface area contributed by atoms with Gasteiger partial charge >= 0.3 is 0 Å². The minimum atomic E-state index is -0.334. The van der Waals surface area contributed by atoms with E-state index < -0.39 is 0 Å². The summed E-state index contributed by atoms with van der Waals surface area (Å²) in [5, 5.41) is 2.83. The lowest BCUT2D eigenvalue weighted by atomic mass is 9.96. The largest absolute Gasteiger partial charge is 0.339 e. The Bertz CT molecular complexity index is 841. The van der Waals surface area contributed by atoms with Crippen LogP contribution < -0.4 is 5.32 Å². The van der Waals surface area contributed by atoms with Crippen molar-refractivity contribution in [3.05, 3.63) is 65.6 Å². The molecule has 1 aromatic carbocycles. The molecule has 3 rings (SSSR count). The fourth-order valence-corrected chi connectivity index (χ4v) is 3.02. The molecular formula is C21H22FN3O2. The van der Waals surface area contributed by atoms with E-state index in [1.54, 1.807) is 35.4 Å². The molecule has 2 aromatic rings. The van der Waals surface area contributed by atoms with Crippen molar-refractivity contribution >= 4 is 23.7 Å². The summed E-state index contributed by atoms with van der Waals surface area (Å²) in [4.78, 5) is 30.6. The maximum atomic E-state index is 13.2. The quantitative estimate of drug-likeness (QED) is 0.843. The molecule has 1 saturated heterocycles. The predicted molar refractivity (Wildman–Crippen MR) is 102 cm³/mol. The van der Waals surface area contributed by atoms with Crippen molar-refractivity contribution in [2.24, 2.45) is 5.92 Å². The normalized spacial score (nSPS) is 15.1. The Hall–Kier alpha value is -3.02. The summed E-state index contributed by atoms with van der Waals surface area (Å²) in [6.07, 6.45) is 5.98. The van der Waals surface area contributed by atoms with E-state index in [9.17, 15) is 14.0 Å². The highest BCUT2D eigenvalue weighted by Gasteiger charge is 2.26. The standard InChI is InChI=1S/C21H22FN3O2/c1-15-5-7-19(23-14-15)24-21(27)17-9-11-25(12-10-17)20(26)8-6-16-3-2-4-18(22)13-16/h2-8,13-14,17H,9-12H2,1H3,(H,23,24,27)/b8-6+. The summed E-state index contributed by atoms with van der Waals surface area (Å²) in [6, 6.07) is 9.76. The first kappa shape index (κ1) is 18.8. The molecule has 1 N–H and O–H groups in total. The molecule has 0 saturated carbocycles. The molecule has 1 aromatic heterocycles. The van der Waals surface area contributed by atoms with E-state index in [4.69, 9.17) is 0 Å². The van der Waals surface area contributed by atoms with Crippen LogP contribution in [0.5, 0.6) is 0 Å². The zero-order valence-electron chi connectivity index (χ0n) is 15.2. The number of hydrogen-bond donors (Lipinski definition) is 1. The van der Waals surface area contributed by atoms with E-state index in [0.29, 0.717) is 37.3 Å². The number of likely N-dealkylation sites (tertiary alicyclic amines) is 1. The number of halogens is 1. The summed E-state index contributed by atoms with van der Waals surface area (Å²) in [6.45, 7) is 2.98. The predicted octanol–water partition coefficient (Wildman–Crippen LogP) is 3.42. The van der Waals surface area contributed by atoms with E-state index in [-0.39, 0.29) is 23.5 Å². The number of rotatable bonds is 4. The van der Waals surface area contributed by atoms with E-state index >= 15 is 0 Å². The van der Waals surface area contributed by atoms with Gasteiger partial charge in [-0.25, -0.2) is 9.37 Å². The van der Waals surface area contributed by atoms with E-state index in [0.717, 1.165) is 5.56 Å². The third-order valence-corrected chi connectivity index (χ3v) is 4.61. The lowest BCUT2D eigenvalue weighted by Gasteiger charge is -2.30. The zero-order chi connectivity index (χ0) is 19.2. The number of benzene rings is 1. The van der Waals surface area contributed by atoms with Crippen molar-refractivity contribution in [2.45, 2.75) is 19.8 Å². The van der Waals surface area contributed by atoms with Gasteiger partial charge in [-0.2, -0.15) is 0 Å². The Morgan fingerprint density at radius 1 is 1.22 bits per heavy atom. The van der Waals surface area contributed by atoms with Crippen molar-refractivity contribution in [3.8, 4) is 0 Å². The van der Waals surface area contributed by atoms with Crippen molar-refractivity contribution in [2.75, 3.05) is 18.4 Å². The Kier molecular flexibility index (Phi) is 5.96. The molecule has 2 amide bonds. The molecule has 140 valence electrons. The SMILES string of the molecule is Cc1ccc(NC(=O)C2CCN(C(=O)/C=C/c3cccc(F)c3)CC2)nc1. The molecule has 6 heteroatoms. The lowest BCUT2D eigenvalue weighted by Crippen LogP contribution is -2.40. The maximum Gasteiger partial charge on any atom is 0.246 e. The van der Waals surface area contributed by atoms with E-state index in [1.165, 1.54) is 18.2 Å². The van der Waals surface area contributed by atoms with Crippen molar-refractivity contribution in [3.63, 3.8) is 0 Å². The van der Waals surface area contributed by atoms with Gasteiger partial charge in [-0.1, -0.05) is 18.2 Å². The molecule has 2 heterocycles. The molecule has 27 heavy (non-hydrogen) atoms. The first-order valence-electron chi connectivity index (χ1n) is 8.97. The van der Waals surface area contributed by atoms with Crippen molar-refractivity contribution in [1.29, 1.82) is 0 Å². The van der Waals surface area contributed by atoms with Gasteiger partial charge in [0.1, 0.15) is 11.6 Å². The van der Waals surface area contributed by atoms with Gasteiger partial charge in [0.15, 0.2) is 0 Å². The average molecular weight is 367 g/mol. The number of anilines is 1. The fraction of sp³-hybridized carbons (Fsp3) is 0.286. The number of carbonyl (C=O) groups excluding carboxylic acids is 2. The van der Waals surface area contributed by atoms with Crippen LogP contribution in [-0.2, 0) is 9.59 Å². The van der Waals surface area contributed by atoms with Gasteiger partial charge in [0.25, 0.3) is 0 Å². The molecular weight excluding hydrogens is 345 g/mol. The second-order valence-corrected chi connectivity index (χ2v) is 6.70. The van der Waals surface area contributed by atoms with Gasteiger partial charge in [0.2, 0.25) is 11.8 Å². The molecule has 0 aliphatic carbocycles. The van der Waals surface area contributed by atoms with Gasteiger partial charge in [0, 0.05) is 31.3 Å². The van der Waals surface area contributed by atoms with Gasteiger partial charge in [-0.05, 0) is 55.2 Å². The van der Waals surface area contributed by atoms with Gasteiger partial charge in [0.05, 0.1) is 0 Å². The number of aromatic nitrogens is 1. The number of nitrogens with one attached hydrogen (secondary N) is 1. The van der Waals surface area contributed by atoms with E-state index in [1.807, 2.05) is 13.0 Å². The van der Waals surface area contributed by atoms with Crippen LogP contribution in [0.2, 0.25) is 0 Å². The molecule has 5 nitrogen and oxygen atoms in total. The smallest absolute Gasteiger partial charge is 0.246 e. The second kappa shape index (κ2) is 8.58. The average Bonchev–Trinajstić information content (AvgIpc) is 2.68. The molecule has 1 aliphatic rings. The summed E-state index contributed by atoms with van der Waals surface area (Å²) in [7, 11) is 0. The van der Waals surface area contributed by atoms with Crippen LogP contribution in [0.4, 0.5) is 10.2 Å². The lowest BCUT2D eigenvalue weighted by molar-refractivity contribution is -0.130. The molecule has 1 aliphatic heterocycles. The maximum absolute atomic E-state index is 13.2. The Morgan fingerprint density at radius 2 is 2.00 bits per heavy atom. The van der Waals surface area contributed by atoms with Gasteiger partial charge < -0.3 is 10.2 Å². The monoisotopic (exact) mass is 367 g/mol. The Labute approximate surface area is 157 Å². The van der Waals surface area contributed by atoms with Crippen LogP contribution in [0.25, 0.3) is 6.08 Å². The molecule has 0 radical (unpaired) electrons. The molecule has 0 unspecified atom stereocenters.